The molecule has 0 atom stereocenters. The molecule has 3 nitrogen and oxygen atoms in total. The number of nitrogens with zero attached hydrogens (tertiary/aromatic N) is 2. The van der Waals surface area contributed by atoms with Crippen LogP contribution in [0.1, 0.15) is 22.5 Å². The van der Waals surface area contributed by atoms with Crippen molar-refractivity contribution in [1.82, 2.24) is 15.3 Å². The highest BCUT2D eigenvalue weighted by Crippen LogP contribution is 2.17. The average molecular weight is 303 g/mol. The Hall–Kier alpha value is -2.52. The third-order valence-corrected chi connectivity index (χ3v) is 3.78. The first-order valence-electron chi connectivity index (χ1n) is 7.85. The quantitative estimate of drug-likeness (QED) is 0.772. The molecule has 116 valence electrons. The lowest BCUT2D eigenvalue weighted by atomic mass is 10.1. The van der Waals surface area contributed by atoms with E-state index in [0.29, 0.717) is 6.54 Å². The zero-order valence-electron chi connectivity index (χ0n) is 13.6. The van der Waals surface area contributed by atoms with Crippen LogP contribution in [0.15, 0.2) is 60.9 Å². The average Bonchev–Trinajstić information content (AvgIpc) is 2.56. The minimum absolute atomic E-state index is 0.669. The monoisotopic (exact) mass is 303 g/mol. The number of aromatic nitrogens is 2. The molecule has 0 saturated heterocycles. The van der Waals surface area contributed by atoms with Crippen LogP contribution in [0, 0.1) is 13.8 Å². The minimum Gasteiger partial charge on any atom is -0.306 e. The van der Waals surface area contributed by atoms with Gasteiger partial charge in [-0.1, -0.05) is 59.7 Å². The van der Waals surface area contributed by atoms with E-state index in [1.807, 2.05) is 12.4 Å². The van der Waals surface area contributed by atoms with Crippen LogP contribution in [-0.4, -0.2) is 9.97 Å². The summed E-state index contributed by atoms with van der Waals surface area (Å²) in [6.07, 6.45) is 3.78. The summed E-state index contributed by atoms with van der Waals surface area (Å²) in [5.74, 6) is 0.813. The van der Waals surface area contributed by atoms with Crippen LogP contribution in [-0.2, 0) is 13.1 Å². The Morgan fingerprint density at radius 1 is 0.783 bits per heavy atom. The van der Waals surface area contributed by atoms with Gasteiger partial charge in [0, 0.05) is 24.5 Å². The van der Waals surface area contributed by atoms with E-state index >= 15 is 0 Å². The lowest BCUT2D eigenvalue weighted by molar-refractivity contribution is 0.662. The Kier molecular flexibility index (Phi) is 4.79. The van der Waals surface area contributed by atoms with E-state index in [4.69, 9.17) is 0 Å². The van der Waals surface area contributed by atoms with Crippen LogP contribution in [0.25, 0.3) is 11.1 Å². The minimum atomic E-state index is 0.669. The van der Waals surface area contributed by atoms with Gasteiger partial charge in [0.15, 0.2) is 0 Å². The maximum Gasteiger partial charge on any atom is 0.141 e. The second-order valence-electron chi connectivity index (χ2n) is 5.85. The first-order valence-corrected chi connectivity index (χ1v) is 7.85. The summed E-state index contributed by atoms with van der Waals surface area (Å²) in [4.78, 5) is 8.91. The molecule has 0 aliphatic rings. The van der Waals surface area contributed by atoms with Crippen LogP contribution in [0.3, 0.4) is 0 Å². The van der Waals surface area contributed by atoms with Crippen LogP contribution >= 0.6 is 0 Å². The number of hydrogen-bond donors (Lipinski definition) is 1. The fourth-order valence-corrected chi connectivity index (χ4v) is 2.48. The van der Waals surface area contributed by atoms with E-state index < -0.39 is 0 Å². The third kappa shape index (κ3) is 4.24. The molecule has 1 N–H and O–H groups in total. The van der Waals surface area contributed by atoms with Crippen molar-refractivity contribution in [2.24, 2.45) is 0 Å². The van der Waals surface area contributed by atoms with E-state index in [9.17, 15) is 0 Å². The van der Waals surface area contributed by atoms with Gasteiger partial charge < -0.3 is 5.32 Å². The summed E-state index contributed by atoms with van der Waals surface area (Å²) in [7, 11) is 0. The number of aryl methyl sites for hydroxylation is 2. The van der Waals surface area contributed by atoms with Gasteiger partial charge >= 0.3 is 0 Å². The second kappa shape index (κ2) is 7.16. The topological polar surface area (TPSA) is 37.8 Å². The molecule has 1 aromatic heterocycles. The summed E-state index contributed by atoms with van der Waals surface area (Å²) in [5.41, 5.74) is 6.01. The van der Waals surface area contributed by atoms with E-state index in [1.165, 1.54) is 16.7 Å². The molecule has 3 aromatic rings. The number of hydrogen-bond acceptors (Lipinski definition) is 3. The zero-order valence-corrected chi connectivity index (χ0v) is 13.6. The van der Waals surface area contributed by atoms with Crippen molar-refractivity contribution in [2.45, 2.75) is 26.9 Å². The van der Waals surface area contributed by atoms with Gasteiger partial charge in [0.25, 0.3) is 0 Å². The van der Waals surface area contributed by atoms with Crippen molar-refractivity contribution >= 4 is 0 Å². The Balaban J connectivity index is 1.58. The molecule has 0 aliphatic heterocycles. The highest BCUT2D eigenvalue weighted by atomic mass is 15.0. The summed E-state index contributed by atoms with van der Waals surface area (Å²) in [6.45, 7) is 5.69. The molecule has 0 unspecified atom stereocenters. The smallest absolute Gasteiger partial charge is 0.141 e. The number of benzene rings is 2. The standard InChI is InChI=1S/C20H21N3/c1-15-6-8-18(9-7-15)19-12-22-20(23-13-19)14-21-11-17-5-3-4-16(2)10-17/h3-10,12-13,21H,11,14H2,1-2H3. The van der Waals surface area contributed by atoms with Gasteiger partial charge in [0.2, 0.25) is 0 Å². The van der Waals surface area contributed by atoms with Crippen molar-refractivity contribution in [1.29, 1.82) is 0 Å². The molecule has 0 saturated carbocycles. The highest BCUT2D eigenvalue weighted by molar-refractivity contribution is 5.61. The van der Waals surface area contributed by atoms with Gasteiger partial charge in [-0.25, -0.2) is 9.97 Å². The molecule has 3 rings (SSSR count). The van der Waals surface area contributed by atoms with Crippen molar-refractivity contribution in [3.8, 4) is 11.1 Å². The Morgan fingerprint density at radius 3 is 2.22 bits per heavy atom. The van der Waals surface area contributed by atoms with Crippen LogP contribution in [0.2, 0.25) is 0 Å². The lowest BCUT2D eigenvalue weighted by Crippen LogP contribution is -2.14. The van der Waals surface area contributed by atoms with Crippen LogP contribution in [0.4, 0.5) is 0 Å². The molecular formula is C20H21N3. The largest absolute Gasteiger partial charge is 0.306 e. The Labute approximate surface area is 137 Å². The SMILES string of the molecule is Cc1ccc(-c2cnc(CNCc3cccc(C)c3)nc2)cc1. The molecule has 23 heavy (non-hydrogen) atoms. The van der Waals surface area contributed by atoms with Gasteiger partial charge in [0.1, 0.15) is 5.82 Å². The fraction of sp³-hybridized carbons (Fsp3) is 0.200. The van der Waals surface area contributed by atoms with E-state index in [1.54, 1.807) is 0 Å². The third-order valence-electron chi connectivity index (χ3n) is 3.78. The second-order valence-corrected chi connectivity index (χ2v) is 5.85. The van der Waals surface area contributed by atoms with Crippen LogP contribution < -0.4 is 5.32 Å². The molecule has 0 fully saturated rings. The lowest BCUT2D eigenvalue weighted by Gasteiger charge is -2.06. The van der Waals surface area contributed by atoms with Crippen molar-refractivity contribution < 1.29 is 0 Å². The highest BCUT2D eigenvalue weighted by Gasteiger charge is 2.01. The Bertz CT molecular complexity index is 762. The molecule has 0 bridgehead atoms. The first kappa shape index (κ1) is 15.4. The summed E-state index contributed by atoms with van der Waals surface area (Å²) >= 11 is 0. The molecule has 0 spiro atoms. The predicted molar refractivity (Wildman–Crippen MR) is 93.9 cm³/mol. The van der Waals surface area contributed by atoms with Crippen molar-refractivity contribution in [3.63, 3.8) is 0 Å². The van der Waals surface area contributed by atoms with Gasteiger partial charge in [0.05, 0.1) is 6.54 Å². The van der Waals surface area contributed by atoms with E-state index in [-0.39, 0.29) is 0 Å². The maximum atomic E-state index is 4.45. The van der Waals surface area contributed by atoms with Crippen molar-refractivity contribution in [3.05, 3.63) is 83.4 Å². The van der Waals surface area contributed by atoms with Gasteiger partial charge in [-0.3, -0.25) is 0 Å². The molecule has 0 aliphatic carbocycles. The van der Waals surface area contributed by atoms with Gasteiger partial charge in [-0.05, 0) is 25.0 Å². The van der Waals surface area contributed by atoms with Crippen molar-refractivity contribution in [2.75, 3.05) is 0 Å². The molecule has 3 heteroatoms. The predicted octanol–water partition coefficient (Wildman–Crippen LogP) is 4.05. The molecule has 1 heterocycles. The summed E-state index contributed by atoms with van der Waals surface area (Å²) < 4.78 is 0. The molecule has 0 radical (unpaired) electrons. The van der Waals surface area contributed by atoms with E-state index in [2.05, 4.69) is 77.7 Å². The van der Waals surface area contributed by atoms with E-state index in [0.717, 1.165) is 23.5 Å². The van der Waals surface area contributed by atoms with Gasteiger partial charge in [-0.2, -0.15) is 0 Å². The Morgan fingerprint density at radius 2 is 1.52 bits per heavy atom. The first-order chi connectivity index (χ1) is 11.2. The number of nitrogens with one attached hydrogen (secondary N) is 1. The summed E-state index contributed by atoms with van der Waals surface area (Å²) in [6, 6.07) is 16.9. The van der Waals surface area contributed by atoms with Gasteiger partial charge in [-0.15, -0.1) is 0 Å². The number of rotatable bonds is 5. The molecule has 0 amide bonds. The molecular weight excluding hydrogens is 282 g/mol. The van der Waals surface area contributed by atoms with Crippen LogP contribution in [0.5, 0.6) is 0 Å². The fourth-order valence-electron chi connectivity index (χ4n) is 2.48. The normalized spacial score (nSPS) is 10.7. The summed E-state index contributed by atoms with van der Waals surface area (Å²) in [5, 5.41) is 3.39. The molecule has 2 aromatic carbocycles. The maximum absolute atomic E-state index is 4.45. The zero-order chi connectivity index (χ0) is 16.1.